The van der Waals surface area contributed by atoms with Gasteiger partial charge in [0.1, 0.15) is 13.2 Å². The first-order valence-electron chi connectivity index (χ1n) is 27.5. The fraction of sp³-hybridized carbons (Fsp3) is 0.656. The summed E-state index contributed by atoms with van der Waals surface area (Å²) >= 11 is 0. The van der Waals surface area contributed by atoms with Crippen LogP contribution in [-0.4, -0.2) is 37.2 Å². The lowest BCUT2D eigenvalue weighted by molar-refractivity contribution is -0.167. The van der Waals surface area contributed by atoms with Gasteiger partial charge >= 0.3 is 17.9 Å². The van der Waals surface area contributed by atoms with E-state index in [9.17, 15) is 14.4 Å². The van der Waals surface area contributed by atoms with E-state index in [0.29, 0.717) is 12.8 Å². The monoisotopic (exact) mass is 929 g/mol. The molecule has 6 heteroatoms. The molecule has 0 heterocycles. The van der Waals surface area contributed by atoms with Crippen molar-refractivity contribution in [3.8, 4) is 0 Å². The Morgan fingerprint density at radius 3 is 0.940 bits per heavy atom. The van der Waals surface area contributed by atoms with Gasteiger partial charge in [-0.15, -0.1) is 0 Å². The van der Waals surface area contributed by atoms with Gasteiger partial charge in [-0.05, 0) is 64.2 Å². The van der Waals surface area contributed by atoms with Crippen molar-refractivity contribution in [3.63, 3.8) is 0 Å². The molecule has 0 saturated carbocycles. The Kier molecular flexibility index (Phi) is 51.5. The van der Waals surface area contributed by atoms with Gasteiger partial charge in [-0.1, -0.05) is 265 Å². The van der Waals surface area contributed by atoms with Gasteiger partial charge < -0.3 is 14.2 Å². The summed E-state index contributed by atoms with van der Waals surface area (Å²) in [5.41, 5.74) is 0. The zero-order chi connectivity index (χ0) is 48.6. The van der Waals surface area contributed by atoms with Crippen LogP contribution < -0.4 is 0 Å². The second kappa shape index (κ2) is 54.7. The average molecular weight is 929 g/mol. The van der Waals surface area contributed by atoms with Crippen LogP contribution in [0.4, 0.5) is 0 Å². The summed E-state index contributed by atoms with van der Waals surface area (Å²) in [5.74, 6) is -0.977. The van der Waals surface area contributed by atoms with Crippen molar-refractivity contribution in [2.75, 3.05) is 13.2 Å². The van der Waals surface area contributed by atoms with Crippen molar-refractivity contribution in [2.45, 2.75) is 245 Å². The molecule has 0 aliphatic carbocycles. The van der Waals surface area contributed by atoms with Crippen molar-refractivity contribution in [2.24, 2.45) is 0 Å². The van der Waals surface area contributed by atoms with Crippen LogP contribution in [0.2, 0.25) is 0 Å². The van der Waals surface area contributed by atoms with Crippen LogP contribution in [0, 0.1) is 0 Å². The third-order valence-corrected chi connectivity index (χ3v) is 11.5. The molecule has 0 saturated heterocycles. The predicted octanol–water partition coefficient (Wildman–Crippen LogP) is 18.3. The fourth-order valence-electron chi connectivity index (χ4n) is 7.36. The van der Waals surface area contributed by atoms with E-state index in [1.807, 2.05) is 72.9 Å². The Morgan fingerprint density at radius 2 is 0.582 bits per heavy atom. The van der Waals surface area contributed by atoms with Crippen LogP contribution >= 0.6 is 0 Å². The van der Waals surface area contributed by atoms with Gasteiger partial charge in [-0.3, -0.25) is 14.4 Å². The lowest BCUT2D eigenvalue weighted by Gasteiger charge is -2.18. The molecule has 0 aromatic carbocycles. The number of ether oxygens (including phenoxy) is 3. The van der Waals surface area contributed by atoms with Crippen LogP contribution in [0.15, 0.2) is 109 Å². The van der Waals surface area contributed by atoms with Gasteiger partial charge in [0.05, 0.1) is 0 Å². The Balaban J connectivity index is 4.54. The lowest BCUT2D eigenvalue weighted by Crippen LogP contribution is -2.30. The second-order valence-corrected chi connectivity index (χ2v) is 18.0. The summed E-state index contributed by atoms with van der Waals surface area (Å²) in [6.07, 6.45) is 73.5. The van der Waals surface area contributed by atoms with E-state index < -0.39 is 6.10 Å². The van der Waals surface area contributed by atoms with E-state index >= 15 is 0 Å². The minimum atomic E-state index is -0.811. The first-order valence-corrected chi connectivity index (χ1v) is 27.5. The van der Waals surface area contributed by atoms with E-state index in [4.69, 9.17) is 14.2 Å². The van der Waals surface area contributed by atoms with Gasteiger partial charge in [0.2, 0.25) is 0 Å². The highest BCUT2D eigenvalue weighted by molar-refractivity contribution is 5.71. The van der Waals surface area contributed by atoms with E-state index in [1.165, 1.54) is 116 Å². The molecule has 6 nitrogen and oxygen atoms in total. The quantitative estimate of drug-likeness (QED) is 0.0262. The molecule has 1 unspecified atom stereocenters. The number of unbranched alkanes of at least 4 members (excludes halogenated alkanes) is 26. The molecule has 0 amide bonds. The molecule has 0 fully saturated rings. The third kappa shape index (κ3) is 52.9. The third-order valence-electron chi connectivity index (χ3n) is 11.5. The van der Waals surface area contributed by atoms with Gasteiger partial charge in [0.25, 0.3) is 0 Å². The number of esters is 3. The molecular formula is C61H100O6. The first kappa shape index (κ1) is 63.1. The highest BCUT2D eigenvalue weighted by Crippen LogP contribution is 2.15. The summed E-state index contributed by atoms with van der Waals surface area (Å²) in [6, 6.07) is 0. The summed E-state index contributed by atoms with van der Waals surface area (Å²) in [5, 5.41) is 0. The van der Waals surface area contributed by atoms with Gasteiger partial charge in [0.15, 0.2) is 6.10 Å². The predicted molar refractivity (Wildman–Crippen MR) is 288 cm³/mol. The topological polar surface area (TPSA) is 78.9 Å². The SMILES string of the molecule is CC\C=C/C=C\C=C/C=C\C=C\C=C/C=C\CCCCCC(=O)OCC(COC(=O)CCCCCCCCCCCCCCCC)OC(=O)CCCCC/C=C\C=C/CCCCCCCCC. The Bertz CT molecular complexity index is 1390. The molecule has 0 aromatic heterocycles. The van der Waals surface area contributed by atoms with Crippen LogP contribution in [0.25, 0.3) is 0 Å². The molecule has 1 atom stereocenters. The smallest absolute Gasteiger partial charge is 0.306 e. The van der Waals surface area contributed by atoms with Crippen molar-refractivity contribution >= 4 is 17.9 Å². The maximum absolute atomic E-state index is 12.8. The fourth-order valence-corrected chi connectivity index (χ4v) is 7.36. The van der Waals surface area contributed by atoms with Gasteiger partial charge in [0, 0.05) is 19.3 Å². The number of allylic oxidation sites excluding steroid dienone is 18. The number of rotatable bonds is 48. The Labute approximate surface area is 412 Å². The highest BCUT2D eigenvalue weighted by Gasteiger charge is 2.19. The summed E-state index contributed by atoms with van der Waals surface area (Å²) in [4.78, 5) is 38.1. The molecule has 0 bridgehead atoms. The minimum absolute atomic E-state index is 0.104. The van der Waals surface area contributed by atoms with E-state index in [2.05, 4.69) is 57.2 Å². The molecule has 380 valence electrons. The van der Waals surface area contributed by atoms with Crippen molar-refractivity contribution in [1.82, 2.24) is 0 Å². The number of hydrogen-bond donors (Lipinski definition) is 0. The maximum Gasteiger partial charge on any atom is 0.306 e. The minimum Gasteiger partial charge on any atom is -0.462 e. The van der Waals surface area contributed by atoms with E-state index in [-0.39, 0.29) is 37.5 Å². The van der Waals surface area contributed by atoms with Crippen molar-refractivity contribution < 1.29 is 28.6 Å². The van der Waals surface area contributed by atoms with E-state index in [1.54, 1.807) is 0 Å². The zero-order valence-electron chi connectivity index (χ0n) is 43.4. The summed E-state index contributed by atoms with van der Waals surface area (Å²) in [7, 11) is 0. The van der Waals surface area contributed by atoms with Crippen LogP contribution in [-0.2, 0) is 28.6 Å². The molecule has 0 aromatic rings. The van der Waals surface area contributed by atoms with E-state index in [0.717, 1.165) is 83.5 Å². The van der Waals surface area contributed by atoms with Crippen molar-refractivity contribution in [3.05, 3.63) is 109 Å². The van der Waals surface area contributed by atoms with Gasteiger partial charge in [-0.25, -0.2) is 0 Å². The summed E-state index contributed by atoms with van der Waals surface area (Å²) in [6.45, 7) is 6.43. The number of carbonyl (C=O) groups excluding carboxylic acids is 3. The molecule has 0 N–H and O–H groups in total. The zero-order valence-corrected chi connectivity index (χ0v) is 43.4. The Hall–Kier alpha value is -3.93. The molecule has 0 aliphatic heterocycles. The molecule has 67 heavy (non-hydrogen) atoms. The average Bonchev–Trinajstić information content (AvgIpc) is 3.33. The maximum atomic E-state index is 12.8. The van der Waals surface area contributed by atoms with Gasteiger partial charge in [-0.2, -0.15) is 0 Å². The van der Waals surface area contributed by atoms with Crippen LogP contribution in [0.3, 0.4) is 0 Å². The standard InChI is InChI=1S/C61H100O6/c1-4-7-10-13-16-19-22-25-28-30-31-32-34-36-39-42-45-48-51-54-60(63)66-57-58(56-65-59(62)53-50-47-44-41-38-35-27-24-21-18-15-12-9-6-3)67-61(64)55-52-49-46-43-40-37-33-29-26-23-20-17-14-11-8-5-2/h7,10,13,16,19,22,25,28-34,36-37,39-40,58H,4-6,8-9,11-12,14-15,17-18,20-21,23-24,26-27,35,38,41-57H2,1-3H3/b10-7-,16-13-,22-19-,28-25-,31-30+,33-29-,34-32-,39-36-,40-37-. The number of hydrogen-bond acceptors (Lipinski definition) is 6. The van der Waals surface area contributed by atoms with Crippen molar-refractivity contribution in [1.29, 1.82) is 0 Å². The van der Waals surface area contributed by atoms with Crippen LogP contribution in [0.5, 0.6) is 0 Å². The molecular weight excluding hydrogens is 829 g/mol. The molecule has 0 aliphatic rings. The molecule has 0 radical (unpaired) electrons. The largest absolute Gasteiger partial charge is 0.462 e. The highest BCUT2D eigenvalue weighted by atomic mass is 16.6. The Morgan fingerprint density at radius 1 is 0.313 bits per heavy atom. The second-order valence-electron chi connectivity index (χ2n) is 18.0. The first-order chi connectivity index (χ1) is 33.0. The molecule has 0 rings (SSSR count). The lowest BCUT2D eigenvalue weighted by atomic mass is 10.0. The normalized spacial score (nSPS) is 12.9. The van der Waals surface area contributed by atoms with Crippen LogP contribution in [0.1, 0.15) is 239 Å². The summed E-state index contributed by atoms with van der Waals surface area (Å²) < 4.78 is 16.8. The number of carbonyl (C=O) groups is 3. The molecule has 0 spiro atoms.